The number of rotatable bonds is 9. The molecule has 1 rings (SSSR count). The van der Waals surface area contributed by atoms with Gasteiger partial charge in [0.1, 0.15) is 0 Å². The summed E-state index contributed by atoms with van der Waals surface area (Å²) < 4.78 is 132. The molecule has 0 aromatic heterocycles. The van der Waals surface area contributed by atoms with Crippen LogP contribution >= 0.6 is 0 Å². The summed E-state index contributed by atoms with van der Waals surface area (Å²) in [5.41, 5.74) is 0. The van der Waals surface area contributed by atoms with E-state index < -0.39 is 40.4 Å². The smallest absolute Gasteiger partial charge is 0.336 e. The first-order chi connectivity index (χ1) is 12.1. The highest BCUT2D eigenvalue weighted by molar-refractivity contribution is 7.87. The third-order valence-electron chi connectivity index (χ3n) is 3.27. The van der Waals surface area contributed by atoms with E-state index >= 15 is 0 Å². The zero-order chi connectivity index (χ0) is 21.3. The summed E-state index contributed by atoms with van der Waals surface area (Å²) in [6.07, 6.45) is -15.5. The highest BCUT2D eigenvalue weighted by Crippen LogP contribution is 2.44. The molecule has 0 spiro atoms. The largest absolute Gasteiger partial charge is 0.460 e. The van der Waals surface area contributed by atoms with Crippen molar-refractivity contribution in [2.45, 2.75) is 50.0 Å². The van der Waals surface area contributed by atoms with Gasteiger partial charge in [-0.05, 0) is 6.42 Å². The maximum absolute atomic E-state index is 13.7. The van der Waals surface area contributed by atoms with E-state index in [0.717, 1.165) is 9.80 Å². The average Bonchev–Trinajstić information content (AvgIpc) is 2.83. The second-order valence-corrected chi connectivity index (χ2v) is 7.05. The van der Waals surface area contributed by atoms with Crippen LogP contribution in [0.1, 0.15) is 19.8 Å². The van der Waals surface area contributed by atoms with Gasteiger partial charge in [-0.3, -0.25) is 4.74 Å². The van der Waals surface area contributed by atoms with E-state index in [4.69, 9.17) is 0 Å². The van der Waals surface area contributed by atoms with Crippen LogP contribution < -0.4 is 0 Å². The van der Waals surface area contributed by atoms with E-state index in [0.29, 0.717) is 12.8 Å². The molecule has 1 aliphatic rings. The molecule has 6 nitrogen and oxygen atoms in total. The van der Waals surface area contributed by atoms with Gasteiger partial charge in [-0.2, -0.15) is 39.2 Å². The van der Waals surface area contributed by atoms with Crippen molar-refractivity contribution < 1.29 is 52.5 Å². The maximum Gasteiger partial charge on any atom is 0.460 e. The maximum atomic E-state index is 13.7. The van der Waals surface area contributed by atoms with Crippen LogP contribution in [0.4, 0.5) is 35.1 Å². The van der Waals surface area contributed by atoms with E-state index in [-0.39, 0.29) is 6.54 Å². The van der Waals surface area contributed by atoms with Crippen LogP contribution in [0.25, 0.3) is 0 Å². The fourth-order valence-corrected chi connectivity index (χ4v) is 2.74. The number of ether oxygens (including phenoxy) is 1. The first-order valence-electron chi connectivity index (χ1n) is 7.30. The molecule has 0 aromatic rings. The number of halogens is 8. The van der Waals surface area contributed by atoms with Gasteiger partial charge in [0.05, 0.1) is 0 Å². The van der Waals surface area contributed by atoms with Crippen LogP contribution in [-0.4, -0.2) is 62.1 Å². The minimum atomic E-state index is -6.55. The van der Waals surface area contributed by atoms with Gasteiger partial charge >= 0.3 is 27.7 Å². The molecule has 0 saturated heterocycles. The summed E-state index contributed by atoms with van der Waals surface area (Å²) in [5.74, 6) is 0. The number of unbranched alkanes of at least 4 members (excludes halogenated alkanes) is 1. The Morgan fingerprint density at radius 3 is 2.15 bits per heavy atom. The molecule has 0 aliphatic carbocycles. The van der Waals surface area contributed by atoms with Crippen LogP contribution in [0.3, 0.4) is 0 Å². The van der Waals surface area contributed by atoms with Crippen molar-refractivity contribution >= 4 is 10.1 Å². The van der Waals surface area contributed by atoms with Crippen molar-refractivity contribution in [1.82, 2.24) is 9.80 Å². The monoisotopic (exact) mass is 436 g/mol. The minimum Gasteiger partial charge on any atom is -0.336 e. The van der Waals surface area contributed by atoms with Crippen LogP contribution in [0.2, 0.25) is 0 Å². The lowest BCUT2D eigenvalue weighted by Crippen LogP contribution is -2.54. The Kier molecular flexibility index (Phi) is 6.97. The molecule has 27 heavy (non-hydrogen) atoms. The second kappa shape index (κ2) is 7.95. The molecular weight excluding hydrogens is 420 g/mol. The Bertz CT molecular complexity index is 640. The third kappa shape index (κ3) is 5.13. The van der Waals surface area contributed by atoms with E-state index in [2.05, 4.69) is 8.92 Å². The Hall–Kier alpha value is -1.35. The molecule has 15 heteroatoms. The highest BCUT2D eigenvalue weighted by atomic mass is 32.2. The third-order valence-corrected chi connectivity index (χ3v) is 4.56. The Morgan fingerprint density at radius 1 is 1.11 bits per heavy atom. The van der Waals surface area contributed by atoms with Gasteiger partial charge in [0, 0.05) is 26.0 Å². The number of hydrogen-bond donors (Lipinski definition) is 0. The fourth-order valence-electron chi connectivity index (χ4n) is 1.81. The Balaban J connectivity index is 3.02. The predicted octanol–water partition coefficient (Wildman–Crippen LogP) is 3.20. The number of alkyl halides is 8. The van der Waals surface area contributed by atoms with Gasteiger partial charge in [0.2, 0.25) is 6.35 Å². The van der Waals surface area contributed by atoms with E-state index in [1.807, 2.05) is 0 Å². The first kappa shape index (κ1) is 23.7. The van der Waals surface area contributed by atoms with Crippen LogP contribution in [0.5, 0.6) is 0 Å². The molecule has 0 bridgehead atoms. The first-order valence-corrected chi connectivity index (χ1v) is 8.70. The van der Waals surface area contributed by atoms with E-state index in [9.17, 15) is 43.5 Å². The SMILES string of the molecule is CCCCN1C=CN(C)C1OS(=O)(=O)C(F)(F)C(F)(F)OC(F)C(F)(F)F. The predicted molar refractivity (Wildman–Crippen MR) is 74.2 cm³/mol. The topological polar surface area (TPSA) is 59.1 Å². The summed E-state index contributed by atoms with van der Waals surface area (Å²) >= 11 is 0. The Morgan fingerprint density at radius 2 is 1.67 bits per heavy atom. The lowest BCUT2D eigenvalue weighted by atomic mass is 10.3. The summed E-state index contributed by atoms with van der Waals surface area (Å²) in [6, 6.07) is 0. The summed E-state index contributed by atoms with van der Waals surface area (Å²) in [6.45, 7) is 1.87. The number of nitrogens with zero attached hydrogens (tertiary/aromatic N) is 2. The molecule has 2 atom stereocenters. The second-order valence-electron chi connectivity index (χ2n) is 5.44. The molecule has 0 saturated carbocycles. The lowest BCUT2D eigenvalue weighted by Gasteiger charge is -2.32. The molecule has 0 radical (unpaired) electrons. The minimum absolute atomic E-state index is 0.108. The normalized spacial score (nSPS) is 20.4. The zero-order valence-corrected chi connectivity index (χ0v) is 14.7. The van der Waals surface area contributed by atoms with Gasteiger partial charge in [-0.1, -0.05) is 13.3 Å². The van der Waals surface area contributed by atoms with Crippen molar-refractivity contribution in [1.29, 1.82) is 0 Å². The van der Waals surface area contributed by atoms with Gasteiger partial charge in [0.25, 0.3) is 6.36 Å². The molecule has 0 amide bonds. The van der Waals surface area contributed by atoms with Crippen LogP contribution in [-0.2, 0) is 19.0 Å². The average molecular weight is 436 g/mol. The molecular formula is C12H16F8N2O4S. The molecule has 2 unspecified atom stereocenters. The number of hydrogen-bond acceptors (Lipinski definition) is 6. The molecule has 0 aromatic carbocycles. The standard InChI is InChI=1S/C12H16F8N2O4S/c1-3-4-5-22-7-6-21(2)9(22)26-27(23,24)12(19,20)11(17,18)25-8(13)10(14,15)16/h6-9H,3-5H2,1-2H3. The van der Waals surface area contributed by atoms with Gasteiger partial charge < -0.3 is 9.80 Å². The van der Waals surface area contributed by atoms with Crippen molar-refractivity contribution in [2.75, 3.05) is 13.6 Å². The van der Waals surface area contributed by atoms with Crippen molar-refractivity contribution in [3.8, 4) is 0 Å². The molecule has 1 heterocycles. The van der Waals surface area contributed by atoms with Crippen LogP contribution in [0, 0.1) is 0 Å². The van der Waals surface area contributed by atoms with Crippen molar-refractivity contribution in [3.05, 3.63) is 12.4 Å². The summed E-state index contributed by atoms with van der Waals surface area (Å²) in [5, 5.41) is -6.31. The van der Waals surface area contributed by atoms with Gasteiger partial charge in [-0.25, -0.2) is 8.57 Å². The molecule has 0 fully saturated rings. The fraction of sp³-hybridized carbons (Fsp3) is 0.833. The molecule has 1 aliphatic heterocycles. The summed E-state index contributed by atoms with van der Waals surface area (Å²) in [4.78, 5) is 2.03. The van der Waals surface area contributed by atoms with Crippen molar-refractivity contribution in [3.63, 3.8) is 0 Å². The molecule has 160 valence electrons. The molecule has 0 N–H and O–H groups in total. The summed E-state index contributed by atoms with van der Waals surface area (Å²) in [7, 11) is -5.37. The van der Waals surface area contributed by atoms with E-state index in [1.165, 1.54) is 19.4 Å². The van der Waals surface area contributed by atoms with Crippen LogP contribution in [0.15, 0.2) is 12.4 Å². The highest BCUT2D eigenvalue weighted by Gasteiger charge is 2.71. The quantitative estimate of drug-likeness (QED) is 0.409. The lowest BCUT2D eigenvalue weighted by molar-refractivity contribution is -0.394. The van der Waals surface area contributed by atoms with Gasteiger partial charge in [0.15, 0.2) is 0 Å². The van der Waals surface area contributed by atoms with Gasteiger partial charge in [-0.15, -0.1) is 0 Å². The zero-order valence-electron chi connectivity index (χ0n) is 13.9. The van der Waals surface area contributed by atoms with Crippen molar-refractivity contribution in [2.24, 2.45) is 0 Å². The Labute approximate surface area is 149 Å². The van der Waals surface area contributed by atoms with E-state index in [1.54, 1.807) is 6.92 Å².